The van der Waals surface area contributed by atoms with Crippen LogP contribution in [0.4, 0.5) is 0 Å². The second-order valence-electron chi connectivity index (χ2n) is 7.57. The Morgan fingerprint density at radius 2 is 1.90 bits per heavy atom. The van der Waals surface area contributed by atoms with Crippen LogP contribution in [0.25, 0.3) is 6.08 Å². The fraction of sp³-hybridized carbons (Fsp3) is 0.391. The van der Waals surface area contributed by atoms with Crippen molar-refractivity contribution < 1.29 is 4.79 Å². The first kappa shape index (κ1) is 20.5. The summed E-state index contributed by atoms with van der Waals surface area (Å²) in [5.74, 6) is 0.107. The lowest BCUT2D eigenvalue weighted by Crippen LogP contribution is -2.34. The number of amides is 1. The first-order chi connectivity index (χ1) is 14.2. The zero-order chi connectivity index (χ0) is 20.1. The highest BCUT2D eigenvalue weighted by Gasteiger charge is 2.36. The SMILES string of the molecule is O=C1/C(=C\c2ccncc2)SC(c2cccc(Cl)c2)N1CCCN1CCCCC1. The molecule has 4 nitrogen and oxygen atoms in total. The Balaban J connectivity index is 1.51. The molecule has 29 heavy (non-hydrogen) atoms. The molecule has 2 aliphatic heterocycles. The van der Waals surface area contributed by atoms with Gasteiger partial charge in [-0.05, 0) is 80.4 Å². The Hall–Kier alpha value is -1.82. The lowest BCUT2D eigenvalue weighted by Gasteiger charge is -2.28. The molecule has 6 heteroatoms. The van der Waals surface area contributed by atoms with Crippen LogP contribution in [-0.2, 0) is 4.79 Å². The Bertz CT molecular complexity index is 867. The number of pyridine rings is 1. The van der Waals surface area contributed by atoms with E-state index in [0.717, 1.165) is 35.5 Å². The first-order valence-electron chi connectivity index (χ1n) is 10.3. The molecule has 2 aliphatic rings. The van der Waals surface area contributed by atoms with Crippen LogP contribution in [0.2, 0.25) is 5.02 Å². The highest BCUT2D eigenvalue weighted by atomic mass is 35.5. The summed E-state index contributed by atoms with van der Waals surface area (Å²) in [7, 11) is 0. The third kappa shape index (κ3) is 5.21. The lowest BCUT2D eigenvalue weighted by atomic mass is 10.1. The molecule has 1 aromatic heterocycles. The van der Waals surface area contributed by atoms with E-state index >= 15 is 0 Å². The molecule has 0 spiro atoms. The van der Waals surface area contributed by atoms with Gasteiger partial charge in [0.1, 0.15) is 5.37 Å². The van der Waals surface area contributed by atoms with Gasteiger partial charge in [-0.15, -0.1) is 0 Å². The number of hydrogen-bond donors (Lipinski definition) is 0. The molecule has 1 atom stereocenters. The number of carbonyl (C=O) groups excluding carboxylic acids is 1. The number of rotatable bonds is 6. The van der Waals surface area contributed by atoms with Crippen molar-refractivity contribution in [1.82, 2.24) is 14.8 Å². The molecule has 0 aliphatic carbocycles. The highest BCUT2D eigenvalue weighted by Crippen LogP contribution is 2.46. The van der Waals surface area contributed by atoms with Gasteiger partial charge in [-0.1, -0.05) is 41.9 Å². The second-order valence-corrected chi connectivity index (χ2v) is 9.13. The average Bonchev–Trinajstić information content (AvgIpc) is 3.05. The normalized spacial score (nSPS) is 21.8. The largest absolute Gasteiger partial charge is 0.322 e. The number of halogens is 1. The van der Waals surface area contributed by atoms with Crippen molar-refractivity contribution in [2.75, 3.05) is 26.2 Å². The summed E-state index contributed by atoms with van der Waals surface area (Å²) in [6, 6.07) is 11.7. The summed E-state index contributed by atoms with van der Waals surface area (Å²) in [5.41, 5.74) is 2.07. The minimum Gasteiger partial charge on any atom is -0.322 e. The smallest absolute Gasteiger partial charge is 0.261 e. The van der Waals surface area contributed by atoms with E-state index in [0.29, 0.717) is 5.02 Å². The van der Waals surface area contributed by atoms with E-state index in [1.807, 2.05) is 41.3 Å². The third-order valence-electron chi connectivity index (χ3n) is 5.45. The van der Waals surface area contributed by atoms with E-state index in [9.17, 15) is 4.79 Å². The van der Waals surface area contributed by atoms with Gasteiger partial charge in [-0.2, -0.15) is 0 Å². The minimum atomic E-state index is -0.0318. The van der Waals surface area contributed by atoms with Crippen LogP contribution < -0.4 is 0 Å². The standard InChI is InChI=1S/C23H26ClN3OS/c24-20-7-4-6-19(17-20)23-27(15-5-14-26-12-2-1-3-13-26)22(28)21(29-23)16-18-8-10-25-11-9-18/h4,6-11,16-17,23H,1-3,5,12-15H2/b21-16+. The van der Waals surface area contributed by atoms with Gasteiger partial charge in [0.2, 0.25) is 0 Å². The van der Waals surface area contributed by atoms with Crippen LogP contribution in [-0.4, -0.2) is 46.9 Å². The van der Waals surface area contributed by atoms with E-state index in [1.165, 1.54) is 32.4 Å². The van der Waals surface area contributed by atoms with Crippen LogP contribution in [0, 0.1) is 0 Å². The van der Waals surface area contributed by atoms with E-state index in [1.54, 1.807) is 24.2 Å². The molecular weight excluding hydrogens is 402 g/mol. The molecule has 2 aromatic rings. The molecule has 0 N–H and O–H groups in total. The van der Waals surface area contributed by atoms with E-state index in [4.69, 9.17) is 11.6 Å². The van der Waals surface area contributed by atoms with Gasteiger partial charge in [-0.3, -0.25) is 9.78 Å². The molecule has 1 amide bonds. The van der Waals surface area contributed by atoms with Gasteiger partial charge < -0.3 is 9.80 Å². The maximum Gasteiger partial charge on any atom is 0.261 e. The van der Waals surface area contributed by atoms with Crippen molar-refractivity contribution in [1.29, 1.82) is 0 Å². The Morgan fingerprint density at radius 3 is 2.66 bits per heavy atom. The fourth-order valence-corrected chi connectivity index (χ4v) is 5.44. The molecule has 1 aromatic carbocycles. The monoisotopic (exact) mass is 427 g/mol. The molecule has 1 unspecified atom stereocenters. The lowest BCUT2D eigenvalue weighted by molar-refractivity contribution is -0.126. The number of aromatic nitrogens is 1. The molecule has 4 rings (SSSR count). The summed E-state index contributed by atoms with van der Waals surface area (Å²) in [6.07, 6.45) is 10.4. The fourth-order valence-electron chi connectivity index (χ4n) is 3.96. The summed E-state index contributed by atoms with van der Waals surface area (Å²) >= 11 is 7.85. The minimum absolute atomic E-state index is 0.0318. The summed E-state index contributed by atoms with van der Waals surface area (Å²) in [5, 5.41) is 0.672. The predicted octanol–water partition coefficient (Wildman–Crippen LogP) is 5.23. The van der Waals surface area contributed by atoms with Gasteiger partial charge >= 0.3 is 0 Å². The third-order valence-corrected chi connectivity index (χ3v) is 6.98. The zero-order valence-corrected chi connectivity index (χ0v) is 18.0. The van der Waals surface area contributed by atoms with Crippen LogP contribution in [0.5, 0.6) is 0 Å². The van der Waals surface area contributed by atoms with Gasteiger partial charge in [0.15, 0.2) is 0 Å². The molecule has 152 valence electrons. The number of nitrogens with zero attached hydrogens (tertiary/aromatic N) is 3. The highest BCUT2D eigenvalue weighted by molar-refractivity contribution is 8.04. The van der Waals surface area contributed by atoms with E-state index < -0.39 is 0 Å². The molecule has 0 bridgehead atoms. The molecule has 0 radical (unpaired) electrons. The van der Waals surface area contributed by atoms with E-state index in [2.05, 4.69) is 16.0 Å². The average molecular weight is 428 g/mol. The number of piperidine rings is 1. The van der Waals surface area contributed by atoms with E-state index in [-0.39, 0.29) is 11.3 Å². The number of benzene rings is 1. The van der Waals surface area contributed by atoms with Gasteiger partial charge in [-0.25, -0.2) is 0 Å². The molecule has 3 heterocycles. The number of likely N-dealkylation sites (tertiary alicyclic amines) is 1. The number of thioether (sulfide) groups is 1. The number of carbonyl (C=O) groups is 1. The molecule has 2 fully saturated rings. The first-order valence-corrected chi connectivity index (χ1v) is 11.5. The summed E-state index contributed by atoms with van der Waals surface area (Å²) < 4.78 is 0. The van der Waals surface area contributed by atoms with Crippen LogP contribution in [0.3, 0.4) is 0 Å². The van der Waals surface area contributed by atoms with Crippen LogP contribution in [0.15, 0.2) is 53.7 Å². The van der Waals surface area contributed by atoms with Crippen molar-refractivity contribution in [3.8, 4) is 0 Å². The summed E-state index contributed by atoms with van der Waals surface area (Å²) in [6.45, 7) is 4.19. The Labute approximate surface area is 181 Å². The van der Waals surface area contributed by atoms with Crippen molar-refractivity contribution in [2.24, 2.45) is 0 Å². The zero-order valence-electron chi connectivity index (χ0n) is 16.5. The molecular formula is C23H26ClN3OS. The van der Waals surface area contributed by atoms with Gasteiger partial charge in [0.05, 0.1) is 4.91 Å². The molecule has 0 saturated carbocycles. The van der Waals surface area contributed by atoms with Crippen molar-refractivity contribution in [3.63, 3.8) is 0 Å². The summed E-state index contributed by atoms with van der Waals surface area (Å²) in [4.78, 5) is 22.6. The van der Waals surface area contributed by atoms with Crippen molar-refractivity contribution in [3.05, 3.63) is 69.8 Å². The quantitative estimate of drug-likeness (QED) is 0.591. The van der Waals surface area contributed by atoms with Crippen molar-refractivity contribution in [2.45, 2.75) is 31.1 Å². The number of hydrogen-bond acceptors (Lipinski definition) is 4. The predicted molar refractivity (Wildman–Crippen MR) is 121 cm³/mol. The van der Waals surface area contributed by atoms with Crippen LogP contribution >= 0.6 is 23.4 Å². The topological polar surface area (TPSA) is 36.4 Å². The van der Waals surface area contributed by atoms with Crippen LogP contribution in [0.1, 0.15) is 42.2 Å². The van der Waals surface area contributed by atoms with Crippen molar-refractivity contribution >= 4 is 35.3 Å². The van der Waals surface area contributed by atoms with Gasteiger partial charge in [0.25, 0.3) is 5.91 Å². The second kappa shape index (κ2) is 9.79. The maximum absolute atomic E-state index is 13.2. The Kier molecular flexibility index (Phi) is 6.90. The molecule has 2 saturated heterocycles. The maximum atomic E-state index is 13.2. The Morgan fingerprint density at radius 1 is 1.10 bits per heavy atom. The van der Waals surface area contributed by atoms with Gasteiger partial charge in [0, 0.05) is 24.0 Å².